The molecule has 162 valence electrons. The third-order valence-corrected chi connectivity index (χ3v) is 5.32. The number of carbonyl (C=O) groups is 1. The smallest absolute Gasteiger partial charge is 0.330 e. The summed E-state index contributed by atoms with van der Waals surface area (Å²) in [5.74, 6) is -0.194. The van der Waals surface area contributed by atoms with Crippen LogP contribution in [0.25, 0.3) is 0 Å². The van der Waals surface area contributed by atoms with Crippen LogP contribution in [-0.2, 0) is 22.7 Å². The second kappa shape index (κ2) is 9.49. The fourth-order valence-electron chi connectivity index (χ4n) is 3.54. The number of aryl methyl sites for hydroxylation is 1. The molecule has 1 fully saturated rings. The summed E-state index contributed by atoms with van der Waals surface area (Å²) in [7, 11) is 0. The number of nitrogens with zero attached hydrogens (tertiary/aromatic N) is 2. The summed E-state index contributed by atoms with van der Waals surface area (Å²) in [5, 5.41) is 5.32. The Balaban J connectivity index is 1.65. The lowest BCUT2D eigenvalue weighted by Gasteiger charge is -2.37. The molecule has 0 amide bonds. The summed E-state index contributed by atoms with van der Waals surface area (Å²) in [6.45, 7) is 11.8. The van der Waals surface area contributed by atoms with E-state index >= 15 is 0 Å². The van der Waals surface area contributed by atoms with Crippen LogP contribution in [0.5, 0.6) is 0 Å². The molecule has 0 atom stereocenters. The zero-order chi connectivity index (χ0) is 21.7. The highest BCUT2D eigenvalue weighted by Crippen LogP contribution is 2.29. The summed E-state index contributed by atoms with van der Waals surface area (Å²) < 4.78 is 0. The monoisotopic (exact) mass is 410 g/mol. The first kappa shape index (κ1) is 22.1. The average molecular weight is 411 g/mol. The molecular formula is C24H34N4O2. The zero-order valence-electron chi connectivity index (χ0n) is 18.6. The van der Waals surface area contributed by atoms with Gasteiger partial charge in [0.05, 0.1) is 18.5 Å². The molecule has 2 aromatic carbocycles. The van der Waals surface area contributed by atoms with E-state index in [0.717, 1.165) is 36.6 Å². The van der Waals surface area contributed by atoms with Crippen LogP contribution in [0.4, 0.5) is 11.4 Å². The number of benzene rings is 2. The summed E-state index contributed by atoms with van der Waals surface area (Å²) in [4.78, 5) is 20.0. The number of rotatable bonds is 6. The van der Waals surface area contributed by atoms with Gasteiger partial charge in [-0.2, -0.15) is 0 Å². The molecule has 0 unspecified atom stereocenters. The topological polar surface area (TPSA) is 70.8 Å². The maximum atomic E-state index is 12.1. The maximum Gasteiger partial charge on any atom is 0.330 e. The zero-order valence-corrected chi connectivity index (χ0v) is 18.6. The van der Waals surface area contributed by atoms with Crippen molar-refractivity contribution in [1.82, 2.24) is 5.06 Å². The van der Waals surface area contributed by atoms with Crippen molar-refractivity contribution in [2.45, 2.75) is 40.8 Å². The molecule has 0 aliphatic carbocycles. The van der Waals surface area contributed by atoms with Crippen molar-refractivity contribution >= 4 is 17.3 Å². The number of carbonyl (C=O) groups excluding carboxylic acids is 1. The summed E-state index contributed by atoms with van der Waals surface area (Å²) in [6, 6.07) is 14.8. The van der Waals surface area contributed by atoms with Gasteiger partial charge in [0.25, 0.3) is 0 Å². The lowest BCUT2D eigenvalue weighted by molar-refractivity contribution is -0.201. The number of piperazine rings is 1. The van der Waals surface area contributed by atoms with Gasteiger partial charge >= 0.3 is 5.97 Å². The van der Waals surface area contributed by atoms with Gasteiger partial charge in [0.1, 0.15) is 0 Å². The van der Waals surface area contributed by atoms with Crippen LogP contribution in [0.1, 0.15) is 37.5 Å². The Morgan fingerprint density at radius 3 is 2.43 bits per heavy atom. The fraction of sp³-hybridized carbons (Fsp3) is 0.458. The third kappa shape index (κ3) is 5.52. The molecule has 0 spiro atoms. The molecule has 2 aromatic rings. The van der Waals surface area contributed by atoms with Crippen molar-refractivity contribution in [3.05, 3.63) is 59.2 Å². The van der Waals surface area contributed by atoms with Gasteiger partial charge in [0.15, 0.2) is 0 Å². The molecule has 0 bridgehead atoms. The van der Waals surface area contributed by atoms with E-state index in [9.17, 15) is 4.79 Å². The Hall–Kier alpha value is -2.57. The molecule has 3 rings (SSSR count). The summed E-state index contributed by atoms with van der Waals surface area (Å²) in [5.41, 5.74) is 11.5. The van der Waals surface area contributed by atoms with E-state index in [-0.39, 0.29) is 5.97 Å². The Bertz CT molecular complexity index is 868. The van der Waals surface area contributed by atoms with Gasteiger partial charge < -0.3 is 20.8 Å². The number of hydroxylamine groups is 2. The largest absolute Gasteiger partial charge is 0.381 e. The molecule has 1 saturated heterocycles. The highest BCUT2D eigenvalue weighted by Gasteiger charge is 2.28. The molecule has 0 aromatic heterocycles. The van der Waals surface area contributed by atoms with Gasteiger partial charge in [-0.15, -0.1) is 5.06 Å². The molecule has 0 radical (unpaired) electrons. The molecule has 3 N–H and O–H groups in total. The van der Waals surface area contributed by atoms with E-state index in [4.69, 9.17) is 10.6 Å². The Morgan fingerprint density at radius 2 is 1.80 bits per heavy atom. The van der Waals surface area contributed by atoms with Gasteiger partial charge in [0.2, 0.25) is 0 Å². The van der Waals surface area contributed by atoms with E-state index < -0.39 is 5.41 Å². The predicted octanol–water partition coefficient (Wildman–Crippen LogP) is 3.69. The van der Waals surface area contributed by atoms with Crippen molar-refractivity contribution in [2.75, 3.05) is 36.4 Å². The predicted molar refractivity (Wildman–Crippen MR) is 122 cm³/mol. The number of hydrogen-bond acceptors (Lipinski definition) is 6. The second-order valence-electron chi connectivity index (χ2n) is 8.89. The van der Waals surface area contributed by atoms with Gasteiger partial charge in [0, 0.05) is 43.1 Å². The average Bonchev–Trinajstić information content (AvgIpc) is 2.72. The lowest BCUT2D eigenvalue weighted by Crippen LogP contribution is -2.48. The Labute approximate surface area is 180 Å². The summed E-state index contributed by atoms with van der Waals surface area (Å²) in [6.07, 6.45) is 0. The van der Waals surface area contributed by atoms with Gasteiger partial charge in [-0.1, -0.05) is 35.9 Å². The maximum absolute atomic E-state index is 12.1. The fourth-order valence-corrected chi connectivity index (χ4v) is 3.54. The molecular weight excluding hydrogens is 376 g/mol. The van der Waals surface area contributed by atoms with Crippen LogP contribution in [0.15, 0.2) is 42.5 Å². The van der Waals surface area contributed by atoms with Gasteiger partial charge in [-0.25, -0.2) is 4.79 Å². The van der Waals surface area contributed by atoms with Crippen molar-refractivity contribution in [1.29, 1.82) is 0 Å². The quantitative estimate of drug-likeness (QED) is 0.757. The molecule has 30 heavy (non-hydrogen) atoms. The van der Waals surface area contributed by atoms with E-state index in [0.29, 0.717) is 19.6 Å². The molecule has 6 nitrogen and oxygen atoms in total. The van der Waals surface area contributed by atoms with E-state index in [2.05, 4.69) is 59.6 Å². The normalized spacial score (nSPS) is 15.2. The van der Waals surface area contributed by atoms with Crippen LogP contribution in [-0.4, -0.2) is 37.2 Å². The highest BCUT2D eigenvalue weighted by molar-refractivity contribution is 5.75. The van der Waals surface area contributed by atoms with E-state index in [1.807, 2.05) is 20.8 Å². The first-order valence-electron chi connectivity index (χ1n) is 10.6. The SMILES string of the molecule is Cc1cccc(CNc2cccc(N3CCN(OC(=O)C(C)(C)C)CC3)c2CN)c1. The minimum atomic E-state index is -0.499. The number of anilines is 2. The van der Waals surface area contributed by atoms with E-state index in [1.54, 1.807) is 5.06 Å². The van der Waals surface area contributed by atoms with Crippen LogP contribution in [0, 0.1) is 12.3 Å². The van der Waals surface area contributed by atoms with Crippen LogP contribution in [0.2, 0.25) is 0 Å². The number of nitrogens with one attached hydrogen (secondary N) is 1. The number of nitrogens with two attached hydrogens (primary N) is 1. The van der Waals surface area contributed by atoms with Crippen molar-refractivity contribution in [3.63, 3.8) is 0 Å². The Kier molecular flexibility index (Phi) is 7.00. The highest BCUT2D eigenvalue weighted by atomic mass is 16.7. The van der Waals surface area contributed by atoms with Gasteiger partial charge in [-0.3, -0.25) is 0 Å². The van der Waals surface area contributed by atoms with Crippen LogP contribution >= 0.6 is 0 Å². The lowest BCUT2D eigenvalue weighted by atomic mass is 9.98. The number of hydrogen-bond donors (Lipinski definition) is 2. The minimum Gasteiger partial charge on any atom is -0.381 e. The molecule has 1 aliphatic rings. The molecule has 1 heterocycles. The van der Waals surface area contributed by atoms with Gasteiger partial charge in [-0.05, 0) is 45.4 Å². The van der Waals surface area contributed by atoms with Crippen LogP contribution in [0.3, 0.4) is 0 Å². The standard InChI is InChI=1S/C24H34N4O2/c1-18-7-5-8-19(15-18)17-26-21-9-6-10-22(20(21)16-25)27-11-13-28(14-12-27)30-23(29)24(2,3)4/h5-10,15,26H,11-14,16-17,25H2,1-4H3. The molecule has 0 saturated carbocycles. The minimum absolute atomic E-state index is 0.194. The first-order chi connectivity index (χ1) is 14.3. The Morgan fingerprint density at radius 1 is 1.10 bits per heavy atom. The van der Waals surface area contributed by atoms with Crippen molar-refractivity contribution in [2.24, 2.45) is 11.1 Å². The van der Waals surface area contributed by atoms with Crippen molar-refractivity contribution in [3.8, 4) is 0 Å². The van der Waals surface area contributed by atoms with Crippen LogP contribution < -0.4 is 16.0 Å². The summed E-state index contributed by atoms with van der Waals surface area (Å²) >= 11 is 0. The third-order valence-electron chi connectivity index (χ3n) is 5.32. The first-order valence-corrected chi connectivity index (χ1v) is 10.6. The molecule has 6 heteroatoms. The molecule has 1 aliphatic heterocycles. The van der Waals surface area contributed by atoms with Crippen molar-refractivity contribution < 1.29 is 9.63 Å². The van der Waals surface area contributed by atoms with E-state index in [1.165, 1.54) is 11.1 Å². The second-order valence-corrected chi connectivity index (χ2v) is 8.89.